The Morgan fingerprint density at radius 2 is 1.95 bits per heavy atom. The van der Waals surface area contributed by atoms with Crippen LogP contribution >= 0.6 is 35.0 Å². The van der Waals surface area contributed by atoms with Gasteiger partial charge in [-0.15, -0.1) is 0 Å². The van der Waals surface area contributed by atoms with E-state index < -0.39 is 0 Å². The topological polar surface area (TPSA) is 51.8 Å². The Morgan fingerprint density at radius 1 is 1.16 bits per heavy atom. The number of hydrogen-bond donors (Lipinski definition) is 1. The fourth-order valence-corrected chi connectivity index (χ4v) is 3.07. The number of nitrogen functional groups attached to an aromatic ring is 1. The quantitative estimate of drug-likeness (QED) is 0.854. The van der Waals surface area contributed by atoms with E-state index in [9.17, 15) is 0 Å². The van der Waals surface area contributed by atoms with Gasteiger partial charge in [0.05, 0.1) is 5.02 Å². The predicted octanol–water partition coefficient (Wildman–Crippen LogP) is 4.39. The molecule has 1 aromatic heterocycles. The molecular formula is C13H11Cl2N3S. The average Bonchev–Trinajstić information content (AvgIpc) is 3.17. The van der Waals surface area contributed by atoms with E-state index in [0.29, 0.717) is 21.8 Å². The second-order valence-corrected chi connectivity index (χ2v) is 6.35. The molecular weight excluding hydrogens is 301 g/mol. The summed E-state index contributed by atoms with van der Waals surface area (Å²) in [6.07, 6.45) is 2.29. The first-order chi connectivity index (χ1) is 9.11. The van der Waals surface area contributed by atoms with E-state index >= 15 is 0 Å². The molecule has 98 valence electrons. The van der Waals surface area contributed by atoms with Crippen LogP contribution in [0.3, 0.4) is 0 Å². The number of anilines is 1. The maximum Gasteiger partial charge on any atom is 0.135 e. The number of nitrogens with zero attached hydrogens (tertiary/aromatic N) is 2. The Hall–Kier alpha value is -0.970. The molecule has 6 heteroatoms. The number of nitrogens with two attached hydrogens (primary N) is 1. The molecule has 3 rings (SSSR count). The normalized spacial score (nSPS) is 14.6. The molecule has 0 aliphatic heterocycles. The third-order valence-corrected chi connectivity index (χ3v) is 4.44. The number of halogens is 2. The van der Waals surface area contributed by atoms with E-state index in [1.165, 1.54) is 11.8 Å². The van der Waals surface area contributed by atoms with Gasteiger partial charge < -0.3 is 5.73 Å². The summed E-state index contributed by atoms with van der Waals surface area (Å²) in [6.45, 7) is 0. The lowest BCUT2D eigenvalue weighted by molar-refractivity contribution is 0.884. The van der Waals surface area contributed by atoms with Crippen molar-refractivity contribution in [1.82, 2.24) is 9.97 Å². The zero-order valence-electron chi connectivity index (χ0n) is 9.94. The molecule has 0 amide bonds. The van der Waals surface area contributed by atoms with Crippen LogP contribution in [0.1, 0.15) is 24.6 Å². The van der Waals surface area contributed by atoms with Gasteiger partial charge in [-0.1, -0.05) is 35.0 Å². The lowest BCUT2D eigenvalue weighted by Gasteiger charge is -2.06. The Bertz CT molecular complexity index is 629. The minimum Gasteiger partial charge on any atom is -0.384 e. The largest absolute Gasteiger partial charge is 0.384 e. The van der Waals surface area contributed by atoms with Crippen molar-refractivity contribution >= 4 is 40.8 Å². The number of benzene rings is 1. The van der Waals surface area contributed by atoms with Crippen molar-refractivity contribution in [3.05, 3.63) is 40.1 Å². The van der Waals surface area contributed by atoms with Gasteiger partial charge in [0.25, 0.3) is 0 Å². The minimum atomic E-state index is 0.470. The van der Waals surface area contributed by atoms with Gasteiger partial charge in [0.2, 0.25) is 0 Å². The van der Waals surface area contributed by atoms with Crippen molar-refractivity contribution in [3.8, 4) is 0 Å². The van der Waals surface area contributed by atoms with Gasteiger partial charge in [0, 0.05) is 21.9 Å². The van der Waals surface area contributed by atoms with Crippen molar-refractivity contribution in [1.29, 1.82) is 0 Å². The zero-order valence-corrected chi connectivity index (χ0v) is 12.3. The van der Waals surface area contributed by atoms with Gasteiger partial charge in [0.1, 0.15) is 16.7 Å². The first kappa shape index (κ1) is 13.0. The van der Waals surface area contributed by atoms with Crippen LogP contribution in [0.15, 0.2) is 34.2 Å². The molecule has 1 aromatic carbocycles. The van der Waals surface area contributed by atoms with Crippen LogP contribution < -0.4 is 5.73 Å². The molecule has 0 radical (unpaired) electrons. The van der Waals surface area contributed by atoms with Crippen LogP contribution in [-0.4, -0.2) is 9.97 Å². The summed E-state index contributed by atoms with van der Waals surface area (Å²) in [5.41, 5.74) is 5.82. The van der Waals surface area contributed by atoms with Crippen LogP contribution in [0.2, 0.25) is 10.0 Å². The smallest absolute Gasteiger partial charge is 0.135 e. The predicted molar refractivity (Wildman–Crippen MR) is 79.0 cm³/mol. The Morgan fingerprint density at radius 3 is 2.68 bits per heavy atom. The average molecular weight is 312 g/mol. The fraction of sp³-hybridized carbons (Fsp3) is 0.231. The van der Waals surface area contributed by atoms with Gasteiger partial charge >= 0.3 is 0 Å². The lowest BCUT2D eigenvalue weighted by atomic mass is 10.4. The molecule has 2 N–H and O–H groups in total. The third kappa shape index (κ3) is 3.14. The van der Waals surface area contributed by atoms with Gasteiger partial charge in [-0.25, -0.2) is 9.97 Å². The van der Waals surface area contributed by atoms with Crippen molar-refractivity contribution in [2.45, 2.75) is 28.7 Å². The van der Waals surface area contributed by atoms with Crippen LogP contribution in [0, 0.1) is 0 Å². The van der Waals surface area contributed by atoms with E-state index in [0.717, 1.165) is 28.6 Å². The molecule has 1 aliphatic rings. The summed E-state index contributed by atoms with van der Waals surface area (Å²) < 4.78 is 0. The monoisotopic (exact) mass is 311 g/mol. The summed E-state index contributed by atoms with van der Waals surface area (Å²) in [4.78, 5) is 9.67. The fourth-order valence-electron chi connectivity index (χ4n) is 1.71. The van der Waals surface area contributed by atoms with Gasteiger partial charge in [0.15, 0.2) is 0 Å². The second-order valence-electron chi connectivity index (χ2n) is 4.44. The van der Waals surface area contributed by atoms with Crippen molar-refractivity contribution in [2.24, 2.45) is 0 Å². The molecule has 0 spiro atoms. The van der Waals surface area contributed by atoms with Crippen molar-refractivity contribution in [2.75, 3.05) is 5.73 Å². The van der Waals surface area contributed by atoms with Crippen molar-refractivity contribution in [3.63, 3.8) is 0 Å². The summed E-state index contributed by atoms with van der Waals surface area (Å²) in [7, 11) is 0. The highest BCUT2D eigenvalue weighted by Gasteiger charge is 2.27. The molecule has 1 saturated carbocycles. The van der Waals surface area contributed by atoms with E-state index in [-0.39, 0.29) is 0 Å². The van der Waals surface area contributed by atoms with Gasteiger partial charge in [-0.05, 0) is 31.0 Å². The Labute approximate surface area is 125 Å². The van der Waals surface area contributed by atoms with E-state index in [1.54, 1.807) is 18.2 Å². The first-order valence-electron chi connectivity index (χ1n) is 5.89. The maximum absolute atomic E-state index is 6.15. The minimum absolute atomic E-state index is 0.470. The number of hydrogen-bond acceptors (Lipinski definition) is 4. The van der Waals surface area contributed by atoms with Gasteiger partial charge in [-0.2, -0.15) is 0 Å². The van der Waals surface area contributed by atoms with Crippen LogP contribution in [-0.2, 0) is 0 Å². The Balaban J connectivity index is 1.92. The number of rotatable bonds is 3. The molecule has 1 heterocycles. The van der Waals surface area contributed by atoms with Crippen LogP contribution in [0.4, 0.5) is 5.82 Å². The second kappa shape index (κ2) is 5.19. The molecule has 3 nitrogen and oxygen atoms in total. The summed E-state index contributed by atoms with van der Waals surface area (Å²) in [5, 5.41) is 2.11. The van der Waals surface area contributed by atoms with Gasteiger partial charge in [-0.3, -0.25) is 0 Å². The molecule has 1 aliphatic carbocycles. The Kier molecular flexibility index (Phi) is 3.56. The highest BCUT2D eigenvalue weighted by atomic mass is 35.5. The number of aromatic nitrogens is 2. The summed E-state index contributed by atoms with van der Waals surface area (Å²) in [6, 6.07) is 7.12. The molecule has 0 unspecified atom stereocenters. The molecule has 0 saturated heterocycles. The molecule has 0 bridgehead atoms. The molecule has 19 heavy (non-hydrogen) atoms. The third-order valence-electron chi connectivity index (χ3n) is 2.79. The molecule has 2 aromatic rings. The summed E-state index contributed by atoms with van der Waals surface area (Å²) >= 11 is 13.6. The van der Waals surface area contributed by atoms with Crippen LogP contribution in [0.25, 0.3) is 0 Å². The highest BCUT2D eigenvalue weighted by molar-refractivity contribution is 7.99. The van der Waals surface area contributed by atoms with Crippen molar-refractivity contribution < 1.29 is 0 Å². The van der Waals surface area contributed by atoms with E-state index in [1.807, 2.05) is 6.07 Å². The van der Waals surface area contributed by atoms with E-state index in [2.05, 4.69) is 9.97 Å². The van der Waals surface area contributed by atoms with E-state index in [4.69, 9.17) is 28.9 Å². The lowest BCUT2D eigenvalue weighted by Crippen LogP contribution is -1.99. The van der Waals surface area contributed by atoms with Crippen LogP contribution in [0.5, 0.6) is 0 Å². The SMILES string of the molecule is Nc1cc(Sc2cc(Cl)ccc2Cl)nc(C2CC2)n1. The molecule has 0 atom stereocenters. The standard InChI is InChI=1S/C13H11Cl2N3S/c14-8-3-4-9(15)10(5-8)19-12-6-11(16)17-13(18-12)7-1-2-7/h3-7H,1-2H2,(H2,16,17,18). The molecule has 1 fully saturated rings. The summed E-state index contributed by atoms with van der Waals surface area (Å²) in [5.74, 6) is 1.80. The first-order valence-corrected chi connectivity index (χ1v) is 7.46. The zero-order chi connectivity index (χ0) is 13.4. The highest BCUT2D eigenvalue weighted by Crippen LogP contribution is 2.40. The maximum atomic E-state index is 6.15.